The summed E-state index contributed by atoms with van der Waals surface area (Å²) in [6.07, 6.45) is 3.48. The van der Waals surface area contributed by atoms with Crippen molar-refractivity contribution in [3.8, 4) is 0 Å². The van der Waals surface area contributed by atoms with E-state index < -0.39 is 5.60 Å². The lowest BCUT2D eigenvalue weighted by Gasteiger charge is -2.33. The van der Waals surface area contributed by atoms with E-state index in [9.17, 15) is 9.50 Å². The third kappa shape index (κ3) is 4.75. The van der Waals surface area contributed by atoms with E-state index in [-0.39, 0.29) is 17.8 Å². The van der Waals surface area contributed by atoms with E-state index in [1.807, 2.05) is 31.2 Å². The molecular weight excluding hydrogens is 481 g/mol. The van der Waals surface area contributed by atoms with Crippen molar-refractivity contribution in [1.29, 1.82) is 0 Å². The number of benzene rings is 2. The average molecular weight is 518 g/mol. The van der Waals surface area contributed by atoms with Gasteiger partial charge in [-0.3, -0.25) is 4.98 Å². The first-order chi connectivity index (χ1) is 18.1. The summed E-state index contributed by atoms with van der Waals surface area (Å²) in [7, 11) is 1.75. The van der Waals surface area contributed by atoms with E-state index in [4.69, 9.17) is 21.3 Å². The van der Waals surface area contributed by atoms with E-state index in [0.717, 1.165) is 51.5 Å². The number of rotatable bonds is 6. The maximum atomic E-state index is 14.6. The van der Waals surface area contributed by atoms with Crippen molar-refractivity contribution >= 4 is 27.6 Å². The lowest BCUT2D eigenvalue weighted by molar-refractivity contribution is 0.0552. The van der Waals surface area contributed by atoms with Gasteiger partial charge in [0.25, 0.3) is 0 Å². The van der Waals surface area contributed by atoms with E-state index in [1.54, 1.807) is 39.2 Å². The standard InChI is InChI=1S/C30H36FN5O2/c1-18(32)28(35(4)33)21-15-26-27(34-17-21)24-9-8-22(30(2,3)37)16-25(24)36(26)29(19-10-12-38-13-11-19)20-6-5-7-23(31)14-20/h5-9,14-17,19,29,37H,10-13,32-33H2,1-4H3/b28-18-. The zero-order chi connectivity index (χ0) is 27.2. The smallest absolute Gasteiger partial charge is 0.123 e. The molecule has 0 aliphatic carbocycles. The molecule has 5 N–H and O–H groups in total. The summed E-state index contributed by atoms with van der Waals surface area (Å²) >= 11 is 0. The number of pyridine rings is 1. The highest BCUT2D eigenvalue weighted by Gasteiger charge is 2.31. The highest BCUT2D eigenvalue weighted by molar-refractivity contribution is 6.06. The molecule has 38 heavy (non-hydrogen) atoms. The lowest BCUT2D eigenvalue weighted by atomic mass is 9.86. The van der Waals surface area contributed by atoms with Crippen molar-refractivity contribution in [1.82, 2.24) is 14.6 Å². The van der Waals surface area contributed by atoms with Gasteiger partial charge in [0.05, 0.1) is 33.9 Å². The van der Waals surface area contributed by atoms with E-state index >= 15 is 0 Å². The number of fused-ring (bicyclic) bond motifs is 3. The van der Waals surface area contributed by atoms with Crippen LogP contribution in [0.5, 0.6) is 0 Å². The number of hydrazine groups is 1. The Morgan fingerprint density at radius 3 is 2.53 bits per heavy atom. The summed E-state index contributed by atoms with van der Waals surface area (Å²) < 4.78 is 22.6. The molecule has 2 aromatic carbocycles. The highest BCUT2D eigenvalue weighted by atomic mass is 19.1. The summed E-state index contributed by atoms with van der Waals surface area (Å²) in [4.78, 5) is 4.89. The summed E-state index contributed by atoms with van der Waals surface area (Å²) in [6.45, 7) is 6.68. The van der Waals surface area contributed by atoms with Gasteiger partial charge in [-0.2, -0.15) is 0 Å². The number of hydrogen-bond donors (Lipinski definition) is 3. The molecule has 0 saturated carbocycles. The zero-order valence-electron chi connectivity index (χ0n) is 22.4. The van der Waals surface area contributed by atoms with Gasteiger partial charge in [-0.25, -0.2) is 10.2 Å². The van der Waals surface area contributed by atoms with Crippen LogP contribution in [0, 0.1) is 11.7 Å². The number of nitrogens with two attached hydrogens (primary N) is 2. The Morgan fingerprint density at radius 1 is 1.16 bits per heavy atom. The van der Waals surface area contributed by atoms with E-state index in [2.05, 4.69) is 10.6 Å². The number of hydrogen-bond acceptors (Lipinski definition) is 6. The first kappa shape index (κ1) is 26.2. The molecule has 1 atom stereocenters. The van der Waals surface area contributed by atoms with E-state index in [1.165, 1.54) is 11.1 Å². The molecule has 0 bridgehead atoms. The SMILES string of the molecule is C/C(N)=C(\c1cnc2c3ccc(C(C)(C)O)cc3n(C(c3cccc(F)c3)C3CCOCC3)c2c1)N(C)N. The van der Waals surface area contributed by atoms with Crippen LogP contribution in [0.4, 0.5) is 4.39 Å². The van der Waals surface area contributed by atoms with Gasteiger partial charge in [0.1, 0.15) is 5.82 Å². The van der Waals surface area contributed by atoms with Crippen LogP contribution in [-0.2, 0) is 10.3 Å². The van der Waals surface area contributed by atoms with Gasteiger partial charge in [0.15, 0.2) is 0 Å². The quantitative estimate of drug-likeness (QED) is 0.245. The van der Waals surface area contributed by atoms with Crippen molar-refractivity contribution in [3.05, 3.63) is 82.9 Å². The maximum Gasteiger partial charge on any atom is 0.123 e. The van der Waals surface area contributed by atoms with Gasteiger partial charge in [0.2, 0.25) is 0 Å². The summed E-state index contributed by atoms with van der Waals surface area (Å²) in [5.41, 5.74) is 11.6. The van der Waals surface area contributed by atoms with Gasteiger partial charge in [-0.05, 0) is 74.9 Å². The van der Waals surface area contributed by atoms with Crippen LogP contribution in [0.15, 0.2) is 60.4 Å². The number of aliphatic hydroxyl groups is 1. The molecule has 0 spiro atoms. The van der Waals surface area contributed by atoms with Gasteiger partial charge in [-0.15, -0.1) is 0 Å². The van der Waals surface area contributed by atoms with Crippen LogP contribution in [0.3, 0.4) is 0 Å². The Kier molecular flexibility index (Phi) is 6.90. The van der Waals surface area contributed by atoms with Gasteiger partial charge >= 0.3 is 0 Å². The molecular formula is C30H36FN5O2. The molecule has 1 saturated heterocycles. The molecule has 1 fully saturated rings. The van der Waals surface area contributed by atoms with Crippen molar-refractivity contribution in [2.24, 2.45) is 17.5 Å². The summed E-state index contributed by atoms with van der Waals surface area (Å²) in [6, 6.07) is 14.7. The van der Waals surface area contributed by atoms with Crippen LogP contribution < -0.4 is 11.6 Å². The molecule has 1 aliphatic heterocycles. The number of nitrogens with zero attached hydrogens (tertiary/aromatic N) is 3. The minimum absolute atomic E-state index is 0.175. The predicted molar refractivity (Wildman–Crippen MR) is 149 cm³/mol. The highest BCUT2D eigenvalue weighted by Crippen LogP contribution is 2.42. The summed E-state index contributed by atoms with van der Waals surface area (Å²) in [5.74, 6) is 6.09. The van der Waals surface area contributed by atoms with Crippen molar-refractivity contribution < 1.29 is 14.2 Å². The topological polar surface area (TPSA) is 103 Å². The molecule has 1 aliphatic rings. The molecule has 1 unspecified atom stereocenters. The molecule has 2 aromatic heterocycles. The monoisotopic (exact) mass is 517 g/mol. The van der Waals surface area contributed by atoms with Crippen LogP contribution in [-0.4, -0.2) is 39.9 Å². The Hall–Kier alpha value is -3.46. The molecule has 7 nitrogen and oxygen atoms in total. The van der Waals surface area contributed by atoms with Crippen LogP contribution >= 0.6 is 0 Å². The number of allylic oxidation sites excluding steroid dienone is 1. The maximum absolute atomic E-state index is 14.6. The molecule has 3 heterocycles. The fourth-order valence-electron chi connectivity index (χ4n) is 5.78. The van der Waals surface area contributed by atoms with Gasteiger partial charge < -0.3 is 25.2 Å². The normalized spacial score (nSPS) is 16.6. The molecule has 0 amide bonds. The Balaban J connectivity index is 1.88. The zero-order valence-corrected chi connectivity index (χ0v) is 22.4. The minimum atomic E-state index is -1.03. The third-order valence-electron chi connectivity index (χ3n) is 7.53. The lowest BCUT2D eigenvalue weighted by Crippen LogP contribution is -2.27. The largest absolute Gasteiger partial charge is 0.401 e. The minimum Gasteiger partial charge on any atom is -0.401 e. The third-order valence-corrected chi connectivity index (χ3v) is 7.53. The average Bonchev–Trinajstić information content (AvgIpc) is 3.17. The second-order valence-electron chi connectivity index (χ2n) is 10.8. The Labute approximate surface area is 222 Å². The predicted octanol–water partition coefficient (Wildman–Crippen LogP) is 5.02. The van der Waals surface area contributed by atoms with Gasteiger partial charge in [0, 0.05) is 43.1 Å². The second kappa shape index (κ2) is 10.0. The first-order valence-electron chi connectivity index (χ1n) is 13.0. The number of aromatic nitrogens is 2. The second-order valence-corrected chi connectivity index (χ2v) is 10.8. The number of halogens is 1. The summed E-state index contributed by atoms with van der Waals surface area (Å²) in [5, 5.41) is 13.3. The fraction of sp³-hybridized carbons (Fsp3) is 0.367. The fourth-order valence-corrected chi connectivity index (χ4v) is 5.78. The Bertz CT molecular complexity index is 1510. The van der Waals surface area contributed by atoms with Crippen molar-refractivity contribution in [2.75, 3.05) is 20.3 Å². The molecule has 5 rings (SSSR count). The van der Waals surface area contributed by atoms with E-state index in [0.29, 0.717) is 24.6 Å². The molecule has 8 heteroatoms. The van der Waals surface area contributed by atoms with Crippen molar-refractivity contribution in [3.63, 3.8) is 0 Å². The first-order valence-corrected chi connectivity index (χ1v) is 13.0. The molecule has 200 valence electrons. The number of ether oxygens (including phenoxy) is 1. The van der Waals surface area contributed by atoms with Crippen LogP contribution in [0.2, 0.25) is 0 Å². The van der Waals surface area contributed by atoms with Crippen LogP contribution in [0.25, 0.3) is 27.6 Å². The van der Waals surface area contributed by atoms with Crippen molar-refractivity contribution in [2.45, 2.75) is 45.3 Å². The molecule has 0 radical (unpaired) electrons. The van der Waals surface area contributed by atoms with Crippen LogP contribution in [0.1, 0.15) is 56.3 Å². The molecule has 4 aromatic rings. The van der Waals surface area contributed by atoms with Gasteiger partial charge in [-0.1, -0.05) is 24.3 Å². The Morgan fingerprint density at radius 2 is 1.89 bits per heavy atom.